The van der Waals surface area contributed by atoms with Crippen molar-refractivity contribution in [3.63, 3.8) is 0 Å². The highest BCUT2D eigenvalue weighted by Crippen LogP contribution is 2.13. The monoisotopic (exact) mass is 206 g/mol. The highest BCUT2D eigenvalue weighted by Gasteiger charge is 2.06. The van der Waals surface area contributed by atoms with Crippen LogP contribution in [-0.2, 0) is 4.74 Å². The zero-order chi connectivity index (χ0) is 11.3. The van der Waals surface area contributed by atoms with Crippen LogP contribution in [0.5, 0.6) is 5.75 Å². The van der Waals surface area contributed by atoms with Crippen LogP contribution in [0.4, 0.5) is 0 Å². The van der Waals surface area contributed by atoms with E-state index in [-0.39, 0.29) is 5.60 Å². The van der Waals surface area contributed by atoms with E-state index in [2.05, 4.69) is 0 Å². The summed E-state index contributed by atoms with van der Waals surface area (Å²) in [6, 6.07) is 7.83. The Hall–Kier alpha value is -1.44. The van der Waals surface area contributed by atoms with E-state index < -0.39 is 0 Å². The van der Waals surface area contributed by atoms with Gasteiger partial charge in [-0.3, -0.25) is 0 Å². The molecule has 82 valence electrons. The number of rotatable bonds is 3. The summed E-state index contributed by atoms with van der Waals surface area (Å²) in [7, 11) is 1.66. The molecule has 1 rings (SSSR count). The Labute approximate surface area is 91.5 Å². The second-order valence-corrected chi connectivity index (χ2v) is 4.31. The largest absolute Gasteiger partial charge is 0.497 e. The fourth-order valence-electron chi connectivity index (χ4n) is 1.03. The lowest BCUT2D eigenvalue weighted by atomic mass is 10.2. The third kappa shape index (κ3) is 4.54. The van der Waals surface area contributed by atoms with E-state index in [0.717, 1.165) is 11.3 Å². The van der Waals surface area contributed by atoms with Crippen LogP contribution in [0.25, 0.3) is 6.08 Å². The molecule has 0 aliphatic carbocycles. The van der Waals surface area contributed by atoms with Crippen molar-refractivity contribution < 1.29 is 9.47 Å². The molecule has 0 unspecified atom stereocenters. The van der Waals surface area contributed by atoms with Crippen LogP contribution in [0.3, 0.4) is 0 Å². The lowest BCUT2D eigenvalue weighted by Crippen LogP contribution is -2.15. The maximum atomic E-state index is 5.48. The van der Waals surface area contributed by atoms with Crippen LogP contribution in [0.2, 0.25) is 0 Å². The van der Waals surface area contributed by atoms with E-state index in [0.29, 0.717) is 0 Å². The molecule has 0 bridgehead atoms. The zero-order valence-corrected chi connectivity index (χ0v) is 9.78. The van der Waals surface area contributed by atoms with Crippen LogP contribution in [0.15, 0.2) is 30.5 Å². The van der Waals surface area contributed by atoms with Crippen molar-refractivity contribution in [2.24, 2.45) is 0 Å². The van der Waals surface area contributed by atoms with E-state index in [1.54, 1.807) is 13.4 Å². The second kappa shape index (κ2) is 4.87. The summed E-state index contributed by atoms with van der Waals surface area (Å²) in [6.07, 6.45) is 3.66. The molecule has 2 heteroatoms. The van der Waals surface area contributed by atoms with Gasteiger partial charge in [-0.05, 0) is 44.5 Å². The van der Waals surface area contributed by atoms with Gasteiger partial charge in [0.1, 0.15) is 5.75 Å². The first-order chi connectivity index (χ1) is 7.01. The third-order valence-electron chi connectivity index (χ3n) is 1.80. The van der Waals surface area contributed by atoms with Crippen LogP contribution >= 0.6 is 0 Å². The number of ether oxygens (including phenoxy) is 2. The molecule has 0 amide bonds. The van der Waals surface area contributed by atoms with Gasteiger partial charge in [0.25, 0.3) is 0 Å². The van der Waals surface area contributed by atoms with E-state index >= 15 is 0 Å². The molecule has 0 saturated heterocycles. The molecule has 15 heavy (non-hydrogen) atoms. The van der Waals surface area contributed by atoms with Crippen LogP contribution in [0.1, 0.15) is 26.3 Å². The quantitative estimate of drug-likeness (QED) is 0.705. The number of hydrogen-bond acceptors (Lipinski definition) is 2. The average Bonchev–Trinajstić information content (AvgIpc) is 2.17. The summed E-state index contributed by atoms with van der Waals surface area (Å²) in [6.45, 7) is 6.06. The van der Waals surface area contributed by atoms with Gasteiger partial charge in [-0.1, -0.05) is 12.1 Å². The normalized spacial score (nSPS) is 11.7. The van der Waals surface area contributed by atoms with Crippen molar-refractivity contribution in [3.8, 4) is 5.75 Å². The van der Waals surface area contributed by atoms with Gasteiger partial charge in [0, 0.05) is 0 Å². The second-order valence-electron chi connectivity index (χ2n) is 4.31. The van der Waals surface area contributed by atoms with E-state index in [4.69, 9.17) is 9.47 Å². The standard InChI is InChI=1S/C13H18O2/c1-13(2,3)15-10-9-11-5-7-12(14-4)8-6-11/h5-10H,1-4H3/b10-9+. The Bertz CT molecular complexity index is 317. The first-order valence-corrected chi connectivity index (χ1v) is 5.00. The maximum absolute atomic E-state index is 5.48. The Balaban J connectivity index is 2.57. The van der Waals surface area contributed by atoms with Gasteiger partial charge in [-0.2, -0.15) is 0 Å². The Morgan fingerprint density at radius 3 is 2.13 bits per heavy atom. The molecule has 1 aromatic carbocycles. The van der Waals surface area contributed by atoms with Crippen LogP contribution < -0.4 is 4.74 Å². The molecule has 0 heterocycles. The highest BCUT2D eigenvalue weighted by atomic mass is 16.5. The fraction of sp³-hybridized carbons (Fsp3) is 0.385. The third-order valence-corrected chi connectivity index (χ3v) is 1.80. The lowest BCUT2D eigenvalue weighted by Gasteiger charge is -2.17. The Morgan fingerprint density at radius 2 is 1.67 bits per heavy atom. The van der Waals surface area contributed by atoms with Crippen molar-refractivity contribution >= 4 is 6.08 Å². The molecule has 0 saturated carbocycles. The van der Waals surface area contributed by atoms with Crippen molar-refractivity contribution in [2.75, 3.05) is 7.11 Å². The van der Waals surface area contributed by atoms with E-state index in [1.807, 2.05) is 51.1 Å². The minimum atomic E-state index is -0.136. The summed E-state index contributed by atoms with van der Waals surface area (Å²) >= 11 is 0. The average molecular weight is 206 g/mol. The topological polar surface area (TPSA) is 18.5 Å². The van der Waals surface area contributed by atoms with Crippen LogP contribution in [-0.4, -0.2) is 12.7 Å². The molecule has 0 aromatic heterocycles. The molecule has 0 aliphatic heterocycles. The summed E-state index contributed by atoms with van der Waals surface area (Å²) in [5, 5.41) is 0. The summed E-state index contributed by atoms with van der Waals surface area (Å²) in [4.78, 5) is 0. The van der Waals surface area contributed by atoms with Gasteiger partial charge in [0.2, 0.25) is 0 Å². The molecular weight excluding hydrogens is 188 g/mol. The zero-order valence-electron chi connectivity index (χ0n) is 9.78. The minimum Gasteiger partial charge on any atom is -0.497 e. The molecule has 1 aromatic rings. The highest BCUT2D eigenvalue weighted by molar-refractivity contribution is 5.49. The number of hydrogen-bond donors (Lipinski definition) is 0. The molecule has 0 radical (unpaired) electrons. The molecule has 0 spiro atoms. The molecule has 0 fully saturated rings. The molecule has 2 nitrogen and oxygen atoms in total. The van der Waals surface area contributed by atoms with E-state index in [1.165, 1.54) is 0 Å². The first-order valence-electron chi connectivity index (χ1n) is 5.00. The fourth-order valence-corrected chi connectivity index (χ4v) is 1.03. The number of benzene rings is 1. The van der Waals surface area contributed by atoms with Crippen LogP contribution in [0, 0.1) is 0 Å². The Morgan fingerprint density at radius 1 is 1.07 bits per heavy atom. The lowest BCUT2D eigenvalue weighted by molar-refractivity contribution is 0.0783. The number of methoxy groups -OCH3 is 1. The van der Waals surface area contributed by atoms with Crippen molar-refractivity contribution in [2.45, 2.75) is 26.4 Å². The van der Waals surface area contributed by atoms with Gasteiger partial charge in [0.05, 0.1) is 19.0 Å². The molecule has 0 aliphatic rings. The summed E-state index contributed by atoms with van der Waals surface area (Å²) < 4.78 is 10.6. The minimum absolute atomic E-state index is 0.136. The van der Waals surface area contributed by atoms with Gasteiger partial charge in [-0.15, -0.1) is 0 Å². The predicted octanol–water partition coefficient (Wildman–Crippen LogP) is 3.48. The van der Waals surface area contributed by atoms with Crippen molar-refractivity contribution in [1.29, 1.82) is 0 Å². The van der Waals surface area contributed by atoms with E-state index in [9.17, 15) is 0 Å². The smallest absolute Gasteiger partial charge is 0.118 e. The van der Waals surface area contributed by atoms with Crippen molar-refractivity contribution in [3.05, 3.63) is 36.1 Å². The van der Waals surface area contributed by atoms with Crippen molar-refractivity contribution in [1.82, 2.24) is 0 Å². The van der Waals surface area contributed by atoms with Gasteiger partial charge in [0.15, 0.2) is 0 Å². The predicted molar refractivity (Wildman–Crippen MR) is 62.9 cm³/mol. The SMILES string of the molecule is COc1ccc(/C=C/OC(C)(C)C)cc1. The van der Waals surface area contributed by atoms with Gasteiger partial charge < -0.3 is 9.47 Å². The molecule has 0 atom stereocenters. The maximum Gasteiger partial charge on any atom is 0.118 e. The molecular formula is C13H18O2. The summed E-state index contributed by atoms with van der Waals surface area (Å²) in [5.74, 6) is 0.865. The van der Waals surface area contributed by atoms with Gasteiger partial charge in [-0.25, -0.2) is 0 Å². The first kappa shape index (κ1) is 11.6. The van der Waals surface area contributed by atoms with Gasteiger partial charge >= 0.3 is 0 Å². The summed E-state index contributed by atoms with van der Waals surface area (Å²) in [5.41, 5.74) is 0.961. The Kier molecular flexibility index (Phi) is 3.78. The molecule has 0 N–H and O–H groups in total.